The van der Waals surface area contributed by atoms with E-state index in [4.69, 9.17) is 37.3 Å². The van der Waals surface area contributed by atoms with Crippen LogP contribution in [0.2, 0.25) is 0 Å². The Morgan fingerprint density at radius 3 is 1.44 bits per heavy atom. The number of rotatable bonds is 23. The summed E-state index contributed by atoms with van der Waals surface area (Å²) in [5.74, 6) is 0. The van der Waals surface area contributed by atoms with Crippen molar-refractivity contribution in [2.75, 3.05) is 92.4 Å². The van der Waals surface area contributed by atoms with Crippen LogP contribution >= 0.6 is 35.3 Å². The van der Waals surface area contributed by atoms with E-state index < -0.39 is 11.7 Å². The third kappa shape index (κ3) is 28.1. The molecule has 0 aliphatic carbocycles. The number of carbonyl (C=O) groups is 1. The predicted octanol–water partition coefficient (Wildman–Crippen LogP) is 2.56. The summed E-state index contributed by atoms with van der Waals surface area (Å²) in [6, 6.07) is 0. The lowest BCUT2D eigenvalue weighted by atomic mass is 10.2. The van der Waals surface area contributed by atoms with Gasteiger partial charge in [-0.15, -0.1) is 0 Å². The molecule has 0 spiro atoms. The fourth-order valence-electron chi connectivity index (χ4n) is 1.89. The lowest BCUT2D eigenvalue weighted by Crippen LogP contribution is -2.34. The van der Waals surface area contributed by atoms with Gasteiger partial charge in [0.05, 0.1) is 85.9 Å². The highest BCUT2D eigenvalue weighted by Gasteiger charge is 2.15. The van der Waals surface area contributed by atoms with Gasteiger partial charge >= 0.3 is 6.09 Å². The van der Waals surface area contributed by atoms with Crippen molar-refractivity contribution >= 4 is 41.4 Å². The number of hydrogen-bond donors (Lipinski definition) is 1. The van der Waals surface area contributed by atoms with Crippen molar-refractivity contribution in [3.05, 3.63) is 0 Å². The predicted molar refractivity (Wildman–Crippen MR) is 128 cm³/mol. The summed E-state index contributed by atoms with van der Waals surface area (Å²) in [6.45, 7) is 12.1. The molecule has 0 atom stereocenters. The summed E-state index contributed by atoms with van der Waals surface area (Å²) in [6.07, 6.45) is -0.448. The monoisotopic (exact) mass is 599 g/mol. The van der Waals surface area contributed by atoms with Gasteiger partial charge in [-0.1, -0.05) is 0 Å². The number of nitrogens with one attached hydrogen (secondary N) is 1. The number of carbonyl (C=O) groups excluding carboxylic acids is 1. The zero-order valence-corrected chi connectivity index (χ0v) is 22.2. The van der Waals surface area contributed by atoms with E-state index in [0.29, 0.717) is 92.4 Å². The molecule has 0 aromatic rings. The first-order valence-electron chi connectivity index (χ1n) is 10.5. The lowest BCUT2D eigenvalue weighted by molar-refractivity contribution is -0.0175. The van der Waals surface area contributed by atoms with Gasteiger partial charge in [0, 0.05) is 6.54 Å². The van der Waals surface area contributed by atoms with Gasteiger partial charge in [0.25, 0.3) is 0 Å². The fourth-order valence-corrected chi connectivity index (χ4v) is 2.37. The van der Waals surface area contributed by atoms with Crippen LogP contribution in [0.4, 0.5) is 4.79 Å². The average Bonchev–Trinajstić information content (AvgIpc) is 2.73. The first-order valence-corrected chi connectivity index (χ1v) is 12.0. The molecular weight excluding hydrogens is 561 g/mol. The Labute approximate surface area is 209 Å². The molecule has 1 amide bonds. The minimum atomic E-state index is -0.503. The van der Waals surface area contributed by atoms with E-state index in [1.165, 1.54) is 0 Å². The molecule has 0 aliphatic rings. The second-order valence-electron chi connectivity index (χ2n) is 7.06. The smallest absolute Gasteiger partial charge is 0.407 e. The van der Waals surface area contributed by atoms with Crippen molar-refractivity contribution in [3.63, 3.8) is 0 Å². The average molecular weight is 599 g/mol. The van der Waals surface area contributed by atoms with Crippen LogP contribution < -0.4 is 5.32 Å². The Kier molecular flexibility index (Phi) is 24.2. The van der Waals surface area contributed by atoms with Crippen LogP contribution in [0.1, 0.15) is 20.8 Å². The summed E-state index contributed by atoms with van der Waals surface area (Å²) in [5, 5.41) is 2.62. The van der Waals surface area contributed by atoms with Gasteiger partial charge in [-0.05, 0) is 20.8 Å². The Morgan fingerprint density at radius 2 is 1.06 bits per heavy atom. The highest BCUT2D eigenvalue weighted by molar-refractivity contribution is 14.1. The van der Waals surface area contributed by atoms with Crippen LogP contribution in [0.25, 0.3) is 0 Å². The van der Waals surface area contributed by atoms with Crippen molar-refractivity contribution in [2.45, 2.75) is 26.4 Å². The van der Waals surface area contributed by atoms with Crippen molar-refractivity contribution in [2.24, 2.45) is 0 Å². The lowest BCUT2D eigenvalue weighted by Gasteiger charge is -2.19. The van der Waals surface area contributed by atoms with Gasteiger partial charge in [0.1, 0.15) is 28.6 Å². The highest BCUT2D eigenvalue weighted by atomic mass is 127. The third-order valence-electron chi connectivity index (χ3n) is 3.16. The van der Waals surface area contributed by atoms with Crippen molar-refractivity contribution < 1.29 is 44.6 Å². The van der Waals surface area contributed by atoms with Crippen molar-refractivity contribution in [1.82, 2.24) is 5.32 Å². The molecule has 0 unspecified atom stereocenters. The molecule has 0 saturated heterocycles. The highest BCUT2D eigenvalue weighted by Crippen LogP contribution is 2.08. The van der Waals surface area contributed by atoms with Crippen LogP contribution in [0.5, 0.6) is 0 Å². The first kappa shape index (κ1) is 32.0. The van der Waals surface area contributed by atoms with Crippen molar-refractivity contribution in [3.8, 4) is 0 Å². The molecule has 0 radical (unpaired) electrons. The first-order chi connectivity index (χ1) is 15.5. The van der Waals surface area contributed by atoms with Crippen LogP contribution in [-0.4, -0.2) is 104 Å². The van der Waals surface area contributed by atoms with Gasteiger partial charge in [-0.25, -0.2) is 7.31 Å². The second-order valence-corrected chi connectivity index (χ2v) is 8.63. The molecule has 0 aliphatic heterocycles. The SMILES string of the molecule is CC(C)(C)OC(=O)NCCOCCOCCOCCOCCOCCOCCOSOI. The molecule has 0 heterocycles. The summed E-state index contributed by atoms with van der Waals surface area (Å²) < 4.78 is 47.0. The molecule has 0 aromatic heterocycles. The van der Waals surface area contributed by atoms with Gasteiger partial charge in [0.15, 0.2) is 12.3 Å². The van der Waals surface area contributed by atoms with E-state index in [0.717, 1.165) is 12.3 Å². The number of amides is 1. The Morgan fingerprint density at radius 1 is 0.688 bits per heavy atom. The number of ether oxygens (including phenoxy) is 7. The third-order valence-corrected chi connectivity index (χ3v) is 3.91. The molecule has 11 nitrogen and oxygen atoms in total. The standard InChI is InChI=1S/C19H38INO10S/c1-19(2,3)30-18(22)21-4-5-23-6-7-24-8-9-25-10-11-26-12-13-27-14-15-28-16-17-29-32-31-20/h4-17H2,1-3H3,(H,21,22). The van der Waals surface area contributed by atoms with Gasteiger partial charge in [-0.3, -0.25) is 4.18 Å². The molecular formula is C19H38INO10S. The van der Waals surface area contributed by atoms with E-state index in [2.05, 4.69) is 7.83 Å². The van der Waals surface area contributed by atoms with E-state index in [1.54, 1.807) is 23.0 Å². The van der Waals surface area contributed by atoms with E-state index >= 15 is 0 Å². The van der Waals surface area contributed by atoms with Crippen LogP contribution in [0.3, 0.4) is 0 Å². The molecule has 0 aromatic carbocycles. The number of halogens is 1. The van der Waals surface area contributed by atoms with Crippen molar-refractivity contribution in [1.29, 1.82) is 0 Å². The van der Waals surface area contributed by atoms with Gasteiger partial charge in [0.2, 0.25) is 0 Å². The van der Waals surface area contributed by atoms with Gasteiger partial charge < -0.3 is 38.5 Å². The van der Waals surface area contributed by atoms with Crippen LogP contribution in [0, 0.1) is 0 Å². The van der Waals surface area contributed by atoms with Crippen LogP contribution in [0.15, 0.2) is 0 Å². The Bertz CT molecular complexity index is 418. The maximum Gasteiger partial charge on any atom is 0.407 e. The van der Waals surface area contributed by atoms with E-state index in [-0.39, 0.29) is 0 Å². The Hall–Kier alpha value is 0.0300. The summed E-state index contributed by atoms with van der Waals surface area (Å²) in [7, 11) is 0. The molecule has 1 N–H and O–H groups in total. The maximum absolute atomic E-state index is 11.4. The Balaban J connectivity index is 3.10. The zero-order valence-electron chi connectivity index (χ0n) is 19.3. The summed E-state index contributed by atoms with van der Waals surface area (Å²) >= 11 is 2.66. The van der Waals surface area contributed by atoms with E-state index in [1.807, 2.05) is 20.8 Å². The molecule has 13 heteroatoms. The topological polar surface area (TPSA) is 112 Å². The fraction of sp³-hybridized carbons (Fsp3) is 0.947. The molecule has 0 rings (SSSR count). The quantitative estimate of drug-likeness (QED) is 0.106. The van der Waals surface area contributed by atoms with E-state index in [9.17, 15) is 4.79 Å². The summed E-state index contributed by atoms with van der Waals surface area (Å²) in [4.78, 5) is 11.4. The molecule has 0 saturated carbocycles. The number of hydrogen-bond acceptors (Lipinski definition) is 11. The number of alkyl carbamates (subject to hydrolysis) is 1. The molecule has 192 valence electrons. The van der Waals surface area contributed by atoms with Crippen LogP contribution in [-0.2, 0) is 39.9 Å². The molecule has 0 fully saturated rings. The maximum atomic E-state index is 11.4. The summed E-state index contributed by atoms with van der Waals surface area (Å²) in [5.41, 5.74) is -0.503. The normalized spacial score (nSPS) is 11.6. The largest absolute Gasteiger partial charge is 0.444 e. The minimum absolute atomic E-state index is 0.390. The van der Waals surface area contributed by atoms with Gasteiger partial charge in [-0.2, -0.15) is 0 Å². The molecule has 0 bridgehead atoms. The molecule has 32 heavy (non-hydrogen) atoms. The minimum Gasteiger partial charge on any atom is -0.444 e. The zero-order chi connectivity index (χ0) is 23.8. The second kappa shape index (κ2) is 24.2.